The molecule has 5 nitrogen and oxygen atoms in total. The molecular formula is C16H20O5. The molecule has 21 heavy (non-hydrogen) atoms. The van der Waals surface area contributed by atoms with Gasteiger partial charge in [-0.2, -0.15) is 0 Å². The molecule has 1 aliphatic heterocycles. The van der Waals surface area contributed by atoms with Crippen molar-refractivity contribution < 1.29 is 24.5 Å². The summed E-state index contributed by atoms with van der Waals surface area (Å²) in [5.74, 6) is -0.983. The van der Waals surface area contributed by atoms with Crippen molar-refractivity contribution in [3.05, 3.63) is 35.9 Å². The number of rotatable bonds is 5. The Kier molecular flexibility index (Phi) is 4.24. The highest BCUT2D eigenvalue weighted by molar-refractivity contribution is 5.73. The molecule has 1 heterocycles. The van der Waals surface area contributed by atoms with Crippen molar-refractivity contribution in [1.29, 1.82) is 0 Å². The zero-order chi connectivity index (χ0) is 14.8. The lowest BCUT2D eigenvalue weighted by Crippen LogP contribution is -2.27. The zero-order valence-corrected chi connectivity index (χ0v) is 11.7. The summed E-state index contributed by atoms with van der Waals surface area (Å²) in [6, 6.07) is 9.86. The van der Waals surface area contributed by atoms with E-state index in [-0.39, 0.29) is 17.8 Å². The van der Waals surface area contributed by atoms with Crippen molar-refractivity contribution in [1.82, 2.24) is 0 Å². The molecular weight excluding hydrogens is 272 g/mol. The Balaban J connectivity index is 1.55. The number of hydrogen-bond acceptors (Lipinski definition) is 4. The van der Waals surface area contributed by atoms with Crippen molar-refractivity contribution in [2.24, 2.45) is 17.8 Å². The second-order valence-corrected chi connectivity index (χ2v) is 5.89. The van der Waals surface area contributed by atoms with Crippen LogP contribution >= 0.6 is 0 Å². The zero-order valence-electron chi connectivity index (χ0n) is 11.7. The Labute approximate surface area is 123 Å². The fourth-order valence-corrected chi connectivity index (χ4v) is 3.54. The molecule has 3 rings (SSSR count). The van der Waals surface area contributed by atoms with Crippen LogP contribution in [-0.4, -0.2) is 41.6 Å². The van der Waals surface area contributed by atoms with Gasteiger partial charge in [-0.25, -0.2) is 4.79 Å². The van der Waals surface area contributed by atoms with E-state index in [0.717, 1.165) is 5.56 Å². The van der Waals surface area contributed by atoms with Crippen molar-refractivity contribution >= 4 is 5.97 Å². The Morgan fingerprint density at radius 3 is 2.76 bits per heavy atom. The first-order valence-corrected chi connectivity index (χ1v) is 7.31. The minimum absolute atomic E-state index is 0.0388. The van der Waals surface area contributed by atoms with Crippen LogP contribution in [0.3, 0.4) is 0 Å². The van der Waals surface area contributed by atoms with Crippen molar-refractivity contribution in [2.75, 3.05) is 13.2 Å². The van der Waals surface area contributed by atoms with Gasteiger partial charge in [0.1, 0.15) is 0 Å². The molecule has 1 saturated heterocycles. The molecule has 114 valence electrons. The van der Waals surface area contributed by atoms with Gasteiger partial charge in [-0.15, -0.1) is 0 Å². The summed E-state index contributed by atoms with van der Waals surface area (Å²) in [6.45, 7) is 1.34. The van der Waals surface area contributed by atoms with E-state index < -0.39 is 18.2 Å². The number of carboxylic acids is 1. The number of ether oxygens (including phenoxy) is 2. The Morgan fingerprint density at radius 2 is 2.05 bits per heavy atom. The molecule has 0 spiro atoms. The maximum Gasteiger partial charge on any atom is 0.333 e. The molecule has 2 aliphatic rings. The van der Waals surface area contributed by atoms with Gasteiger partial charge in [0, 0.05) is 11.8 Å². The van der Waals surface area contributed by atoms with E-state index in [2.05, 4.69) is 0 Å². The predicted molar refractivity (Wildman–Crippen MR) is 74.6 cm³/mol. The number of fused-ring (bicyclic) bond motifs is 1. The summed E-state index contributed by atoms with van der Waals surface area (Å²) in [6.07, 6.45) is -0.786. The number of hydrogen-bond donors (Lipinski definition) is 2. The predicted octanol–water partition coefficient (Wildman–Crippen LogP) is 1.30. The van der Waals surface area contributed by atoms with Gasteiger partial charge in [0.15, 0.2) is 6.10 Å². The highest BCUT2D eigenvalue weighted by Gasteiger charge is 2.52. The Morgan fingerprint density at radius 1 is 1.29 bits per heavy atom. The van der Waals surface area contributed by atoms with Crippen molar-refractivity contribution in [3.63, 3.8) is 0 Å². The molecule has 5 atom stereocenters. The number of aliphatic hydroxyl groups excluding tert-OH is 1. The molecule has 1 aliphatic carbocycles. The standard InChI is InChI=1S/C16H20O5/c17-14-6-11-12(9-21-15(11)16(18)19)13(14)8-20-7-10-4-2-1-3-5-10/h1-5,11-15,17H,6-9H2,(H,18,19)/t11-,12-,13+,14+,15?/m0/s1. The molecule has 1 aromatic carbocycles. The molecule has 5 heteroatoms. The highest BCUT2D eigenvalue weighted by atomic mass is 16.5. The lowest BCUT2D eigenvalue weighted by Gasteiger charge is -2.20. The molecule has 1 unspecified atom stereocenters. The topological polar surface area (TPSA) is 76.0 Å². The molecule has 1 saturated carbocycles. The lowest BCUT2D eigenvalue weighted by atomic mass is 9.89. The van der Waals surface area contributed by atoms with Gasteiger partial charge in [-0.3, -0.25) is 0 Å². The molecule has 0 radical (unpaired) electrons. The van der Waals surface area contributed by atoms with Gasteiger partial charge in [0.25, 0.3) is 0 Å². The number of aliphatic carboxylic acids is 1. The van der Waals surface area contributed by atoms with Crippen LogP contribution in [0.25, 0.3) is 0 Å². The lowest BCUT2D eigenvalue weighted by molar-refractivity contribution is -0.149. The average molecular weight is 292 g/mol. The van der Waals surface area contributed by atoms with Gasteiger partial charge in [0.05, 0.1) is 25.9 Å². The number of aliphatic hydroxyl groups is 1. The average Bonchev–Trinajstić information content (AvgIpc) is 3.00. The van der Waals surface area contributed by atoms with Crippen LogP contribution in [0.2, 0.25) is 0 Å². The number of benzene rings is 1. The van der Waals surface area contributed by atoms with Crippen LogP contribution in [0.1, 0.15) is 12.0 Å². The monoisotopic (exact) mass is 292 g/mol. The van der Waals surface area contributed by atoms with Gasteiger partial charge in [-0.1, -0.05) is 30.3 Å². The largest absolute Gasteiger partial charge is 0.479 e. The van der Waals surface area contributed by atoms with E-state index in [1.54, 1.807) is 0 Å². The molecule has 0 bridgehead atoms. The van der Waals surface area contributed by atoms with Crippen LogP contribution < -0.4 is 0 Å². The first-order chi connectivity index (χ1) is 10.2. The number of carbonyl (C=O) groups is 1. The molecule has 1 aromatic rings. The van der Waals surface area contributed by atoms with Crippen LogP contribution in [-0.2, 0) is 20.9 Å². The molecule has 0 aromatic heterocycles. The second kappa shape index (κ2) is 6.13. The van der Waals surface area contributed by atoms with Crippen LogP contribution in [0.4, 0.5) is 0 Å². The van der Waals surface area contributed by atoms with E-state index in [4.69, 9.17) is 14.6 Å². The number of carboxylic acid groups (broad SMARTS) is 1. The second-order valence-electron chi connectivity index (χ2n) is 5.89. The normalized spacial score (nSPS) is 34.8. The third-order valence-corrected chi connectivity index (χ3v) is 4.63. The van der Waals surface area contributed by atoms with Crippen LogP contribution in [0, 0.1) is 17.8 Å². The SMILES string of the molecule is O=C(O)C1OC[C@@H]2[C@@H](COCc3ccccc3)[C@H](O)C[C@H]12. The molecule has 0 amide bonds. The maximum absolute atomic E-state index is 11.1. The summed E-state index contributed by atoms with van der Waals surface area (Å²) in [5.41, 5.74) is 1.09. The Bertz CT molecular complexity index is 489. The fraction of sp³-hybridized carbons (Fsp3) is 0.562. The van der Waals surface area contributed by atoms with Crippen LogP contribution in [0.15, 0.2) is 30.3 Å². The summed E-state index contributed by atoms with van der Waals surface area (Å²) >= 11 is 0. The van der Waals surface area contributed by atoms with E-state index in [1.165, 1.54) is 0 Å². The van der Waals surface area contributed by atoms with Gasteiger partial charge >= 0.3 is 5.97 Å². The first kappa shape index (κ1) is 14.5. The van der Waals surface area contributed by atoms with Gasteiger partial charge in [-0.05, 0) is 17.9 Å². The summed E-state index contributed by atoms with van der Waals surface area (Å²) in [7, 11) is 0. The molecule has 2 N–H and O–H groups in total. The van der Waals surface area contributed by atoms with E-state index in [0.29, 0.717) is 26.2 Å². The quantitative estimate of drug-likeness (QED) is 0.855. The Hall–Kier alpha value is -1.43. The minimum atomic E-state index is -0.930. The third kappa shape index (κ3) is 2.95. The third-order valence-electron chi connectivity index (χ3n) is 4.63. The van der Waals surface area contributed by atoms with E-state index >= 15 is 0 Å². The van der Waals surface area contributed by atoms with Crippen LogP contribution in [0.5, 0.6) is 0 Å². The highest BCUT2D eigenvalue weighted by Crippen LogP contribution is 2.44. The minimum Gasteiger partial charge on any atom is -0.479 e. The van der Waals surface area contributed by atoms with Crippen molar-refractivity contribution in [3.8, 4) is 0 Å². The van der Waals surface area contributed by atoms with Gasteiger partial charge < -0.3 is 19.7 Å². The smallest absolute Gasteiger partial charge is 0.333 e. The van der Waals surface area contributed by atoms with E-state index in [1.807, 2.05) is 30.3 Å². The van der Waals surface area contributed by atoms with Crippen molar-refractivity contribution in [2.45, 2.75) is 25.2 Å². The van der Waals surface area contributed by atoms with Gasteiger partial charge in [0.2, 0.25) is 0 Å². The first-order valence-electron chi connectivity index (χ1n) is 7.31. The molecule has 2 fully saturated rings. The summed E-state index contributed by atoms with van der Waals surface area (Å²) in [5, 5.41) is 19.3. The fourth-order valence-electron chi connectivity index (χ4n) is 3.54. The summed E-state index contributed by atoms with van der Waals surface area (Å²) < 4.78 is 11.1. The summed E-state index contributed by atoms with van der Waals surface area (Å²) in [4.78, 5) is 11.1. The maximum atomic E-state index is 11.1. The van der Waals surface area contributed by atoms with E-state index in [9.17, 15) is 9.90 Å².